The van der Waals surface area contributed by atoms with Gasteiger partial charge in [0.25, 0.3) is 11.6 Å². The van der Waals surface area contributed by atoms with Crippen LogP contribution in [0.15, 0.2) is 60.8 Å². The van der Waals surface area contributed by atoms with E-state index < -0.39 is 11.7 Å². The fraction of sp³-hybridized carbons (Fsp3) is 0.321. The lowest BCUT2D eigenvalue weighted by molar-refractivity contribution is -0.612. The van der Waals surface area contributed by atoms with Crippen molar-refractivity contribution in [1.82, 2.24) is 9.55 Å². The van der Waals surface area contributed by atoms with E-state index in [9.17, 15) is 10.0 Å². The molecule has 0 bridgehead atoms. The molecule has 188 valence electrons. The number of halogens is 1. The minimum atomic E-state index is -0.673. The van der Waals surface area contributed by atoms with Gasteiger partial charge in [0.2, 0.25) is 0 Å². The van der Waals surface area contributed by atoms with Gasteiger partial charge in [0.1, 0.15) is 12.2 Å². The zero-order chi connectivity index (χ0) is 26.0. The summed E-state index contributed by atoms with van der Waals surface area (Å²) in [5.74, 6) is 0.401. The Hall–Kier alpha value is -3.58. The molecule has 2 heterocycles. The topological polar surface area (TPSA) is 80.3 Å². The highest BCUT2D eigenvalue weighted by atomic mass is 35.5. The third-order valence-electron chi connectivity index (χ3n) is 5.46. The van der Waals surface area contributed by atoms with Gasteiger partial charge in [-0.05, 0) is 49.9 Å². The normalized spacial score (nSPS) is 11.8. The van der Waals surface area contributed by atoms with Gasteiger partial charge in [-0.15, -0.1) is 0 Å². The van der Waals surface area contributed by atoms with E-state index in [0.29, 0.717) is 33.3 Å². The van der Waals surface area contributed by atoms with Crippen LogP contribution >= 0.6 is 11.6 Å². The molecule has 0 aliphatic heterocycles. The van der Waals surface area contributed by atoms with Crippen molar-refractivity contribution in [2.45, 2.75) is 53.2 Å². The summed E-state index contributed by atoms with van der Waals surface area (Å²) < 4.78 is 13.8. The van der Waals surface area contributed by atoms with Crippen molar-refractivity contribution in [1.29, 1.82) is 0 Å². The van der Waals surface area contributed by atoms with Gasteiger partial charge >= 0.3 is 11.2 Å². The first kappa shape index (κ1) is 25.5. The highest BCUT2D eigenvalue weighted by molar-refractivity contribution is 6.31. The molecule has 0 unspecified atom stereocenters. The van der Waals surface area contributed by atoms with E-state index in [2.05, 4.69) is 0 Å². The lowest BCUT2D eigenvalue weighted by Crippen LogP contribution is -2.36. The molecule has 8 heteroatoms. The Morgan fingerprint density at radius 1 is 1.11 bits per heavy atom. The van der Waals surface area contributed by atoms with Gasteiger partial charge in [0.05, 0.1) is 5.52 Å². The fourth-order valence-corrected chi connectivity index (χ4v) is 4.16. The van der Waals surface area contributed by atoms with E-state index in [4.69, 9.17) is 26.1 Å². The predicted octanol–water partition coefficient (Wildman–Crippen LogP) is 6.55. The molecule has 0 N–H and O–H groups in total. The number of para-hydroxylation sites is 1. The van der Waals surface area contributed by atoms with Gasteiger partial charge in [0, 0.05) is 23.6 Å². The smallest absolute Gasteiger partial charge is 0.419 e. The van der Waals surface area contributed by atoms with E-state index in [0.717, 1.165) is 5.56 Å². The molecule has 2 aromatic heterocycles. The van der Waals surface area contributed by atoms with Crippen LogP contribution in [0.5, 0.6) is 5.88 Å². The maximum Gasteiger partial charge on any atom is 0.419 e. The molecule has 4 rings (SSSR count). The molecule has 0 radical (unpaired) electrons. The predicted molar refractivity (Wildman–Crippen MR) is 140 cm³/mol. The van der Waals surface area contributed by atoms with Crippen LogP contribution in [0.4, 0.5) is 4.79 Å². The zero-order valence-electron chi connectivity index (χ0n) is 21.1. The van der Waals surface area contributed by atoms with Crippen molar-refractivity contribution in [2.75, 3.05) is 0 Å². The lowest BCUT2D eigenvalue weighted by atomic mass is 10.1. The van der Waals surface area contributed by atoms with Crippen LogP contribution in [0.2, 0.25) is 5.15 Å². The van der Waals surface area contributed by atoms with E-state index in [1.807, 2.05) is 68.4 Å². The summed E-state index contributed by atoms with van der Waals surface area (Å²) in [6, 6.07) is 17.0. The van der Waals surface area contributed by atoms with Crippen molar-refractivity contribution in [2.24, 2.45) is 5.92 Å². The van der Waals surface area contributed by atoms with Crippen LogP contribution < -0.4 is 9.47 Å². The van der Waals surface area contributed by atoms with Gasteiger partial charge in [0.15, 0.2) is 5.69 Å². The van der Waals surface area contributed by atoms with E-state index in [-0.39, 0.29) is 29.3 Å². The second-order valence-corrected chi connectivity index (χ2v) is 10.4. The average molecular weight is 508 g/mol. The first-order valence-electron chi connectivity index (χ1n) is 11.9. The van der Waals surface area contributed by atoms with E-state index >= 15 is 0 Å². The molecule has 0 atom stereocenters. The van der Waals surface area contributed by atoms with Crippen molar-refractivity contribution in [3.8, 4) is 17.1 Å². The maximum atomic E-state index is 13.4. The van der Waals surface area contributed by atoms with Crippen LogP contribution in [-0.4, -0.2) is 21.2 Å². The Morgan fingerprint density at radius 3 is 2.44 bits per heavy atom. The first-order chi connectivity index (χ1) is 17.0. The number of ether oxygens (including phenoxy) is 2. The van der Waals surface area contributed by atoms with Crippen molar-refractivity contribution in [3.05, 3.63) is 82.4 Å². The summed E-state index contributed by atoms with van der Waals surface area (Å²) in [5, 5.41) is 14.0. The number of nitrogens with zero attached hydrogens (tertiary/aromatic N) is 3. The monoisotopic (exact) mass is 507 g/mol. The summed E-state index contributed by atoms with van der Waals surface area (Å²) in [5.41, 5.74) is 2.03. The molecule has 0 saturated carbocycles. The van der Waals surface area contributed by atoms with E-state index in [1.165, 1.54) is 4.57 Å². The standard InChI is InChI=1S/C28H30ClN3O4/c1-18(2)15-23-26(35-17-19-11-7-6-8-12-19)30-24(25(29)32(23)34)21-16-31(27(33)36-28(3,4)5)22-14-10-9-13-20(21)22/h6-14,16,18H,15,17H2,1-5H3. The van der Waals surface area contributed by atoms with Gasteiger partial charge in [-0.2, -0.15) is 9.71 Å². The molecule has 0 saturated heterocycles. The SMILES string of the molecule is CC(C)Cc1c(OCc2ccccc2)nc(-c2cn(C(=O)OC(C)(C)C)c3ccccc23)c(Cl)[n+]1[O-]. The molecule has 0 aliphatic rings. The van der Waals surface area contributed by atoms with E-state index in [1.54, 1.807) is 27.0 Å². The Kier molecular flexibility index (Phi) is 7.22. The molecule has 0 spiro atoms. The molecule has 36 heavy (non-hydrogen) atoms. The number of carbonyl (C=O) groups excluding carboxylic acids is 1. The highest BCUT2D eigenvalue weighted by Crippen LogP contribution is 2.35. The number of aromatic nitrogens is 3. The second-order valence-electron chi connectivity index (χ2n) is 10.1. The first-order valence-corrected chi connectivity index (χ1v) is 12.3. The van der Waals surface area contributed by atoms with Crippen LogP contribution in [0.25, 0.3) is 22.2 Å². The minimum Gasteiger partial charge on any atom is -0.617 e. The maximum absolute atomic E-state index is 13.4. The molecule has 0 amide bonds. The Bertz CT molecular complexity index is 1390. The number of rotatable bonds is 6. The van der Waals surface area contributed by atoms with Gasteiger partial charge < -0.3 is 14.7 Å². The molecule has 7 nitrogen and oxygen atoms in total. The molecule has 4 aromatic rings. The van der Waals surface area contributed by atoms with Crippen LogP contribution in [0.3, 0.4) is 0 Å². The van der Waals surface area contributed by atoms with Crippen LogP contribution in [-0.2, 0) is 17.8 Å². The fourth-order valence-electron chi connectivity index (χ4n) is 3.91. The molecule has 0 aliphatic carbocycles. The Morgan fingerprint density at radius 2 is 1.78 bits per heavy atom. The number of fused-ring (bicyclic) bond motifs is 1. The Labute approximate surface area is 215 Å². The van der Waals surface area contributed by atoms with Crippen LogP contribution in [0, 0.1) is 11.1 Å². The second kappa shape index (κ2) is 10.2. The summed E-state index contributed by atoms with van der Waals surface area (Å²) in [6.45, 7) is 9.69. The van der Waals surface area contributed by atoms with Crippen molar-refractivity contribution >= 4 is 28.6 Å². The summed E-state index contributed by atoms with van der Waals surface area (Å²) in [6.07, 6.45) is 1.52. The Balaban J connectivity index is 1.85. The summed E-state index contributed by atoms with van der Waals surface area (Å²) in [4.78, 5) is 17.7. The van der Waals surface area contributed by atoms with Gasteiger partial charge in [-0.25, -0.2) is 4.79 Å². The summed E-state index contributed by atoms with van der Waals surface area (Å²) in [7, 11) is 0. The number of hydrogen-bond acceptors (Lipinski definition) is 5. The number of benzene rings is 2. The quantitative estimate of drug-likeness (QED) is 0.218. The highest BCUT2D eigenvalue weighted by Gasteiger charge is 2.29. The third kappa shape index (κ3) is 5.46. The largest absolute Gasteiger partial charge is 0.617 e. The lowest BCUT2D eigenvalue weighted by Gasteiger charge is -2.19. The third-order valence-corrected chi connectivity index (χ3v) is 5.79. The molecule has 0 fully saturated rings. The van der Waals surface area contributed by atoms with Crippen LogP contribution in [0.1, 0.15) is 45.9 Å². The van der Waals surface area contributed by atoms with Gasteiger partial charge in [-0.1, -0.05) is 62.4 Å². The molecular weight excluding hydrogens is 478 g/mol. The summed E-state index contributed by atoms with van der Waals surface area (Å²) >= 11 is 6.61. The average Bonchev–Trinajstić information content (AvgIpc) is 3.21. The molecular formula is C28H30ClN3O4. The number of hydrogen-bond donors (Lipinski definition) is 0. The number of carbonyl (C=O) groups is 1. The minimum absolute atomic E-state index is 0.0789. The van der Waals surface area contributed by atoms with Crippen molar-refractivity contribution in [3.63, 3.8) is 0 Å². The molecule has 2 aromatic carbocycles. The van der Waals surface area contributed by atoms with Crippen molar-refractivity contribution < 1.29 is 19.0 Å². The zero-order valence-corrected chi connectivity index (χ0v) is 21.9. The van der Waals surface area contributed by atoms with Gasteiger partial charge in [-0.3, -0.25) is 4.57 Å².